The maximum atomic E-state index is 12.3. The maximum absolute atomic E-state index is 12.3. The van der Waals surface area contributed by atoms with Gasteiger partial charge in [0.05, 0.1) is 0 Å². The molecule has 1 aromatic rings. The number of hydrogen-bond acceptors (Lipinski definition) is 2. The van der Waals surface area contributed by atoms with E-state index in [1.54, 1.807) is 22.6 Å². The van der Waals surface area contributed by atoms with Crippen molar-refractivity contribution in [3.63, 3.8) is 0 Å². The topological polar surface area (TPSA) is 50.2 Å². The van der Waals surface area contributed by atoms with Crippen LogP contribution in [0.1, 0.15) is 28.0 Å². The third-order valence-electron chi connectivity index (χ3n) is 1.74. The van der Waals surface area contributed by atoms with Crippen LogP contribution in [-0.2, 0) is 0 Å². The number of pyridine rings is 1. The number of carboxylic acid groups (broad SMARTS) is 1. The molecule has 6 heteroatoms. The zero-order valence-corrected chi connectivity index (χ0v) is 9.25. The molecule has 1 rings (SSSR count). The van der Waals surface area contributed by atoms with Crippen LogP contribution in [0.2, 0.25) is 0 Å². The lowest BCUT2D eigenvalue weighted by Gasteiger charge is -2.07. The summed E-state index contributed by atoms with van der Waals surface area (Å²) in [6.45, 7) is 1.46. The van der Waals surface area contributed by atoms with Crippen LogP contribution in [0, 0.1) is 10.5 Å². The van der Waals surface area contributed by atoms with Crippen LogP contribution in [-0.4, -0.2) is 16.1 Å². The first-order valence-electron chi connectivity index (χ1n) is 3.61. The molecule has 0 aliphatic carbocycles. The third kappa shape index (κ3) is 1.99. The fourth-order valence-electron chi connectivity index (χ4n) is 0.961. The number of carbonyl (C=O) groups is 1. The Hall–Kier alpha value is -0.790. The average molecular weight is 313 g/mol. The molecule has 0 saturated heterocycles. The van der Waals surface area contributed by atoms with Gasteiger partial charge in [-0.3, -0.25) is 0 Å². The zero-order chi connectivity index (χ0) is 10.9. The Balaban J connectivity index is 3.33. The Morgan fingerprint density at radius 2 is 2.21 bits per heavy atom. The highest BCUT2D eigenvalue weighted by Crippen LogP contribution is 2.26. The molecule has 1 N–H and O–H groups in total. The molecular weight excluding hydrogens is 307 g/mol. The first-order chi connectivity index (χ1) is 6.45. The van der Waals surface area contributed by atoms with E-state index in [-0.39, 0.29) is 20.4 Å². The molecule has 3 nitrogen and oxygen atoms in total. The van der Waals surface area contributed by atoms with Crippen molar-refractivity contribution >= 4 is 28.6 Å². The normalized spacial score (nSPS) is 10.6. The van der Waals surface area contributed by atoms with E-state index in [1.807, 2.05) is 0 Å². The number of carboxylic acids is 1. The van der Waals surface area contributed by atoms with Crippen LogP contribution in [0.25, 0.3) is 0 Å². The summed E-state index contributed by atoms with van der Waals surface area (Å²) in [5.41, 5.74) is -0.139. The third-order valence-corrected chi connectivity index (χ3v) is 3.06. The fraction of sp³-hybridized carbons (Fsp3) is 0.250. The Kier molecular flexibility index (Phi) is 3.35. The quantitative estimate of drug-likeness (QED) is 0.854. The minimum Gasteiger partial charge on any atom is -0.476 e. The molecule has 0 saturated carbocycles. The van der Waals surface area contributed by atoms with E-state index in [2.05, 4.69) is 4.98 Å². The van der Waals surface area contributed by atoms with Gasteiger partial charge >= 0.3 is 5.97 Å². The van der Waals surface area contributed by atoms with Crippen LogP contribution < -0.4 is 0 Å². The number of aromatic nitrogens is 1. The van der Waals surface area contributed by atoms with Crippen molar-refractivity contribution in [1.82, 2.24) is 4.98 Å². The summed E-state index contributed by atoms with van der Waals surface area (Å²) in [6.07, 6.45) is -1.72. The minimum absolute atomic E-state index is 0.187. The Morgan fingerprint density at radius 3 is 2.64 bits per heavy atom. The van der Waals surface area contributed by atoms with Crippen LogP contribution in [0.5, 0.6) is 0 Å². The Morgan fingerprint density at radius 1 is 1.64 bits per heavy atom. The highest BCUT2D eigenvalue weighted by molar-refractivity contribution is 14.1. The lowest BCUT2D eigenvalue weighted by molar-refractivity contribution is 0.0688. The van der Waals surface area contributed by atoms with Gasteiger partial charge in [0.15, 0.2) is 5.69 Å². The standard InChI is InChI=1S/C8H6F2INO2/c1-3-4(7(9)10)2-12-6(5(3)11)8(13)14/h2,7H,1H3,(H,13,14). The largest absolute Gasteiger partial charge is 0.476 e. The molecule has 1 aromatic heterocycles. The van der Waals surface area contributed by atoms with E-state index >= 15 is 0 Å². The first kappa shape index (κ1) is 11.3. The van der Waals surface area contributed by atoms with E-state index in [0.717, 1.165) is 6.20 Å². The summed E-state index contributed by atoms with van der Waals surface area (Å²) in [4.78, 5) is 14.1. The van der Waals surface area contributed by atoms with Gasteiger partial charge < -0.3 is 5.11 Å². The smallest absolute Gasteiger partial charge is 0.355 e. The number of hydrogen-bond donors (Lipinski definition) is 1. The molecule has 0 fully saturated rings. The predicted molar refractivity (Wildman–Crippen MR) is 53.6 cm³/mol. The number of aromatic carboxylic acids is 1. The van der Waals surface area contributed by atoms with E-state index in [1.165, 1.54) is 6.92 Å². The van der Waals surface area contributed by atoms with E-state index in [0.29, 0.717) is 0 Å². The van der Waals surface area contributed by atoms with Crippen molar-refractivity contribution in [2.45, 2.75) is 13.3 Å². The van der Waals surface area contributed by atoms with Crippen LogP contribution in [0.4, 0.5) is 8.78 Å². The fourth-order valence-corrected chi connectivity index (χ4v) is 1.64. The van der Waals surface area contributed by atoms with Crippen LogP contribution >= 0.6 is 22.6 Å². The van der Waals surface area contributed by atoms with Crippen LogP contribution in [0.3, 0.4) is 0 Å². The van der Waals surface area contributed by atoms with Gasteiger partial charge in [-0.05, 0) is 35.1 Å². The molecule has 0 spiro atoms. The summed E-state index contributed by atoms with van der Waals surface area (Å²) in [6, 6.07) is 0. The summed E-state index contributed by atoms with van der Waals surface area (Å²) >= 11 is 1.70. The second kappa shape index (κ2) is 4.16. The second-order valence-electron chi connectivity index (χ2n) is 2.61. The lowest BCUT2D eigenvalue weighted by atomic mass is 10.1. The molecule has 1 heterocycles. The van der Waals surface area contributed by atoms with E-state index in [9.17, 15) is 13.6 Å². The zero-order valence-electron chi connectivity index (χ0n) is 7.09. The highest BCUT2D eigenvalue weighted by atomic mass is 127. The van der Waals surface area contributed by atoms with E-state index < -0.39 is 12.4 Å². The summed E-state index contributed by atoms with van der Waals surface area (Å²) in [7, 11) is 0. The summed E-state index contributed by atoms with van der Waals surface area (Å²) < 4.78 is 25.0. The molecule has 0 radical (unpaired) electrons. The molecule has 0 aliphatic rings. The lowest BCUT2D eigenvalue weighted by Crippen LogP contribution is -2.07. The number of alkyl halides is 2. The molecule has 0 aliphatic heterocycles. The Labute approximate surface area is 92.3 Å². The molecule has 0 atom stereocenters. The van der Waals surface area contributed by atoms with E-state index in [4.69, 9.17) is 5.11 Å². The summed E-state index contributed by atoms with van der Waals surface area (Å²) in [5.74, 6) is -1.21. The molecule has 0 bridgehead atoms. The van der Waals surface area contributed by atoms with Crippen molar-refractivity contribution in [1.29, 1.82) is 0 Å². The molecule has 0 aromatic carbocycles. The number of rotatable bonds is 2. The van der Waals surface area contributed by atoms with Crippen molar-refractivity contribution in [3.8, 4) is 0 Å². The first-order valence-corrected chi connectivity index (χ1v) is 4.69. The molecule has 14 heavy (non-hydrogen) atoms. The van der Waals surface area contributed by atoms with Gasteiger partial charge in [-0.2, -0.15) is 0 Å². The van der Waals surface area contributed by atoms with Crippen molar-refractivity contribution in [2.75, 3.05) is 0 Å². The van der Waals surface area contributed by atoms with Gasteiger partial charge in [-0.15, -0.1) is 0 Å². The second-order valence-corrected chi connectivity index (χ2v) is 3.69. The predicted octanol–water partition coefficient (Wildman–Crippen LogP) is 2.63. The molecule has 0 unspecified atom stereocenters. The monoisotopic (exact) mass is 313 g/mol. The molecular formula is C8H6F2INO2. The van der Waals surface area contributed by atoms with Crippen molar-refractivity contribution < 1.29 is 18.7 Å². The number of halogens is 3. The number of nitrogens with zero attached hydrogens (tertiary/aromatic N) is 1. The van der Waals surface area contributed by atoms with Gasteiger partial charge in [0, 0.05) is 15.3 Å². The minimum atomic E-state index is -2.63. The molecule has 76 valence electrons. The average Bonchev–Trinajstić information content (AvgIpc) is 2.08. The SMILES string of the molecule is Cc1c(C(F)F)cnc(C(=O)O)c1I. The highest BCUT2D eigenvalue weighted by Gasteiger charge is 2.18. The van der Waals surface area contributed by atoms with Gasteiger partial charge in [-0.25, -0.2) is 18.6 Å². The van der Waals surface area contributed by atoms with Gasteiger partial charge in [0.2, 0.25) is 0 Å². The van der Waals surface area contributed by atoms with Gasteiger partial charge in [-0.1, -0.05) is 0 Å². The maximum Gasteiger partial charge on any atom is 0.355 e. The Bertz CT molecular complexity index is 382. The molecule has 0 amide bonds. The van der Waals surface area contributed by atoms with Crippen molar-refractivity contribution in [2.24, 2.45) is 0 Å². The van der Waals surface area contributed by atoms with Gasteiger partial charge in [0.1, 0.15) is 0 Å². The summed E-state index contributed by atoms with van der Waals surface area (Å²) in [5, 5.41) is 8.66. The van der Waals surface area contributed by atoms with Crippen molar-refractivity contribution in [3.05, 3.63) is 26.6 Å². The van der Waals surface area contributed by atoms with Crippen LogP contribution in [0.15, 0.2) is 6.20 Å². The van der Waals surface area contributed by atoms with Gasteiger partial charge in [0.25, 0.3) is 6.43 Å².